The van der Waals surface area contributed by atoms with Crippen molar-refractivity contribution >= 4 is 5.69 Å². The maximum Gasteiger partial charge on any atom is 0.0598 e. The fourth-order valence-corrected chi connectivity index (χ4v) is 2.93. The SMILES string of the molecule is CCNCc1ccncc1N1CC(C)C(N(C)C)C1. The number of hydrogen-bond donors (Lipinski definition) is 1. The molecule has 0 aliphatic carbocycles. The molecule has 1 aliphatic rings. The molecule has 1 N–H and O–H groups in total. The highest BCUT2D eigenvalue weighted by Crippen LogP contribution is 2.28. The summed E-state index contributed by atoms with van der Waals surface area (Å²) < 4.78 is 0. The molecule has 1 fully saturated rings. The van der Waals surface area contributed by atoms with Gasteiger partial charge in [0.05, 0.1) is 11.9 Å². The Morgan fingerprint density at radius 1 is 1.42 bits per heavy atom. The molecule has 0 amide bonds. The molecule has 2 heterocycles. The molecule has 0 radical (unpaired) electrons. The Kier molecular flexibility index (Phi) is 4.77. The molecule has 1 saturated heterocycles. The van der Waals surface area contributed by atoms with Crippen molar-refractivity contribution in [3.05, 3.63) is 24.0 Å². The van der Waals surface area contributed by atoms with Crippen LogP contribution in [0.2, 0.25) is 0 Å². The molecule has 4 nitrogen and oxygen atoms in total. The quantitative estimate of drug-likeness (QED) is 0.873. The maximum absolute atomic E-state index is 4.31. The maximum atomic E-state index is 4.31. The summed E-state index contributed by atoms with van der Waals surface area (Å²) in [5.41, 5.74) is 2.64. The predicted octanol–water partition coefficient (Wildman–Crippen LogP) is 1.58. The Bertz CT molecular complexity index is 405. The fraction of sp³-hybridized carbons (Fsp3) is 0.667. The summed E-state index contributed by atoms with van der Waals surface area (Å²) in [6.45, 7) is 8.61. The normalized spacial score (nSPS) is 23.3. The van der Waals surface area contributed by atoms with Gasteiger partial charge in [0.25, 0.3) is 0 Å². The van der Waals surface area contributed by atoms with Crippen molar-refractivity contribution in [2.24, 2.45) is 5.92 Å². The summed E-state index contributed by atoms with van der Waals surface area (Å²) in [6, 6.07) is 2.76. The molecule has 0 spiro atoms. The van der Waals surface area contributed by atoms with Crippen LogP contribution in [0.4, 0.5) is 5.69 Å². The topological polar surface area (TPSA) is 31.4 Å². The lowest BCUT2D eigenvalue weighted by Crippen LogP contribution is -2.34. The minimum Gasteiger partial charge on any atom is -0.368 e. The standard InChI is InChI=1S/C15H26N4/c1-5-16-8-13-6-7-17-9-14(13)19-10-12(2)15(11-19)18(3)4/h6-7,9,12,15-16H,5,8,10-11H2,1-4H3. The van der Waals surface area contributed by atoms with E-state index in [9.17, 15) is 0 Å². The molecular formula is C15H26N4. The number of hydrogen-bond acceptors (Lipinski definition) is 4. The van der Waals surface area contributed by atoms with Crippen LogP contribution in [0.15, 0.2) is 18.5 Å². The summed E-state index contributed by atoms with van der Waals surface area (Å²) in [6.07, 6.45) is 3.90. The molecule has 2 unspecified atom stereocenters. The van der Waals surface area contributed by atoms with Crippen LogP contribution in [-0.2, 0) is 6.54 Å². The van der Waals surface area contributed by atoms with Gasteiger partial charge in [0.1, 0.15) is 0 Å². The van der Waals surface area contributed by atoms with Crippen molar-refractivity contribution in [1.82, 2.24) is 15.2 Å². The first-order valence-electron chi connectivity index (χ1n) is 7.18. The Morgan fingerprint density at radius 3 is 2.84 bits per heavy atom. The summed E-state index contributed by atoms with van der Waals surface area (Å²) in [7, 11) is 4.35. The molecular weight excluding hydrogens is 236 g/mol. The zero-order valence-corrected chi connectivity index (χ0v) is 12.6. The predicted molar refractivity (Wildman–Crippen MR) is 80.5 cm³/mol. The molecule has 106 valence electrons. The number of pyridine rings is 1. The molecule has 19 heavy (non-hydrogen) atoms. The van der Waals surface area contributed by atoms with E-state index < -0.39 is 0 Å². The van der Waals surface area contributed by atoms with Gasteiger partial charge in [-0.2, -0.15) is 0 Å². The molecule has 2 rings (SSSR count). The number of nitrogens with one attached hydrogen (secondary N) is 1. The van der Waals surface area contributed by atoms with Gasteiger partial charge in [-0.25, -0.2) is 0 Å². The van der Waals surface area contributed by atoms with E-state index in [0.717, 1.165) is 26.2 Å². The van der Waals surface area contributed by atoms with Crippen LogP contribution in [0.3, 0.4) is 0 Å². The van der Waals surface area contributed by atoms with Crippen LogP contribution in [-0.4, -0.2) is 49.7 Å². The van der Waals surface area contributed by atoms with Gasteiger partial charge in [0.2, 0.25) is 0 Å². The first kappa shape index (κ1) is 14.3. The molecule has 0 bridgehead atoms. The lowest BCUT2D eigenvalue weighted by molar-refractivity contribution is 0.266. The number of nitrogens with zero attached hydrogens (tertiary/aromatic N) is 3. The lowest BCUT2D eigenvalue weighted by Gasteiger charge is -2.24. The molecule has 1 aromatic heterocycles. The third-order valence-corrected chi connectivity index (χ3v) is 4.03. The monoisotopic (exact) mass is 262 g/mol. The molecule has 1 aromatic rings. The van der Waals surface area contributed by atoms with Crippen molar-refractivity contribution < 1.29 is 0 Å². The number of aromatic nitrogens is 1. The highest BCUT2D eigenvalue weighted by atomic mass is 15.2. The first-order valence-corrected chi connectivity index (χ1v) is 7.18. The number of rotatable bonds is 5. The highest BCUT2D eigenvalue weighted by Gasteiger charge is 2.31. The van der Waals surface area contributed by atoms with Crippen molar-refractivity contribution in [3.8, 4) is 0 Å². The smallest absolute Gasteiger partial charge is 0.0598 e. The van der Waals surface area contributed by atoms with E-state index in [-0.39, 0.29) is 0 Å². The Hall–Kier alpha value is -1.13. The van der Waals surface area contributed by atoms with E-state index in [1.54, 1.807) is 0 Å². The number of anilines is 1. The van der Waals surface area contributed by atoms with Gasteiger partial charge < -0.3 is 15.1 Å². The van der Waals surface area contributed by atoms with E-state index >= 15 is 0 Å². The van der Waals surface area contributed by atoms with Gasteiger partial charge >= 0.3 is 0 Å². The van der Waals surface area contributed by atoms with Gasteiger partial charge in [0, 0.05) is 31.9 Å². The van der Waals surface area contributed by atoms with Crippen LogP contribution < -0.4 is 10.2 Å². The van der Waals surface area contributed by atoms with Gasteiger partial charge in [-0.05, 0) is 38.2 Å². The highest BCUT2D eigenvalue weighted by molar-refractivity contribution is 5.53. The minimum absolute atomic E-state index is 0.632. The van der Waals surface area contributed by atoms with Crippen molar-refractivity contribution in [3.63, 3.8) is 0 Å². The Morgan fingerprint density at radius 2 is 2.21 bits per heavy atom. The molecule has 0 saturated carbocycles. The molecule has 2 atom stereocenters. The Balaban J connectivity index is 2.14. The minimum atomic E-state index is 0.632. The van der Waals surface area contributed by atoms with Crippen molar-refractivity contribution in [2.45, 2.75) is 26.4 Å². The first-order chi connectivity index (χ1) is 9.13. The van der Waals surface area contributed by atoms with E-state index in [2.05, 4.69) is 54.1 Å². The third-order valence-electron chi connectivity index (χ3n) is 4.03. The summed E-state index contributed by atoms with van der Waals surface area (Å²) in [5, 5.41) is 3.41. The second-order valence-electron chi connectivity index (χ2n) is 5.70. The second kappa shape index (κ2) is 6.35. The van der Waals surface area contributed by atoms with E-state index in [4.69, 9.17) is 0 Å². The van der Waals surface area contributed by atoms with E-state index in [0.29, 0.717) is 12.0 Å². The van der Waals surface area contributed by atoms with Crippen LogP contribution in [0.25, 0.3) is 0 Å². The fourth-order valence-electron chi connectivity index (χ4n) is 2.93. The summed E-state index contributed by atoms with van der Waals surface area (Å²) in [4.78, 5) is 9.13. The average molecular weight is 262 g/mol. The Labute approximate surface area is 116 Å². The van der Waals surface area contributed by atoms with Crippen LogP contribution in [0.5, 0.6) is 0 Å². The summed E-state index contributed by atoms with van der Waals surface area (Å²) in [5.74, 6) is 0.696. The zero-order chi connectivity index (χ0) is 13.8. The van der Waals surface area contributed by atoms with Gasteiger partial charge in [-0.3, -0.25) is 4.98 Å². The number of likely N-dealkylation sites (N-methyl/N-ethyl adjacent to an activating group) is 1. The molecule has 4 heteroatoms. The third kappa shape index (κ3) is 3.25. The van der Waals surface area contributed by atoms with E-state index in [1.165, 1.54) is 11.3 Å². The lowest BCUT2D eigenvalue weighted by atomic mass is 10.1. The van der Waals surface area contributed by atoms with Crippen LogP contribution in [0, 0.1) is 5.92 Å². The van der Waals surface area contributed by atoms with Crippen LogP contribution >= 0.6 is 0 Å². The van der Waals surface area contributed by atoms with Crippen molar-refractivity contribution in [2.75, 3.05) is 38.6 Å². The zero-order valence-electron chi connectivity index (χ0n) is 12.6. The van der Waals surface area contributed by atoms with Crippen molar-refractivity contribution in [1.29, 1.82) is 0 Å². The van der Waals surface area contributed by atoms with Crippen LogP contribution in [0.1, 0.15) is 19.4 Å². The largest absolute Gasteiger partial charge is 0.368 e. The van der Waals surface area contributed by atoms with Gasteiger partial charge in [-0.1, -0.05) is 13.8 Å². The van der Waals surface area contributed by atoms with Gasteiger partial charge in [0.15, 0.2) is 0 Å². The van der Waals surface area contributed by atoms with E-state index in [1.807, 2.05) is 12.4 Å². The summed E-state index contributed by atoms with van der Waals surface area (Å²) >= 11 is 0. The second-order valence-corrected chi connectivity index (χ2v) is 5.70. The van der Waals surface area contributed by atoms with Gasteiger partial charge in [-0.15, -0.1) is 0 Å². The molecule has 1 aliphatic heterocycles. The average Bonchev–Trinajstić information content (AvgIpc) is 2.79. The molecule has 0 aromatic carbocycles.